The Morgan fingerprint density at radius 2 is 1.77 bits per heavy atom. The van der Waals surface area contributed by atoms with E-state index in [4.69, 9.17) is 4.74 Å². The van der Waals surface area contributed by atoms with Crippen LogP contribution in [-0.4, -0.2) is 36.3 Å². The first-order valence-electron chi connectivity index (χ1n) is 9.70. The van der Waals surface area contributed by atoms with Gasteiger partial charge in [-0.3, -0.25) is 4.90 Å². The highest BCUT2D eigenvalue weighted by Crippen LogP contribution is 2.20. The quantitative estimate of drug-likeness (QED) is 0.392. The number of hydrogen-bond donors (Lipinski definition) is 1. The van der Waals surface area contributed by atoms with Gasteiger partial charge in [0.05, 0.1) is 7.11 Å². The molecule has 6 heteroatoms. The number of hydrogen-bond acceptors (Lipinski definition) is 4. The second-order valence-electron chi connectivity index (χ2n) is 6.80. The molecule has 0 bridgehead atoms. The maximum Gasteiger partial charge on any atom is 0.508 e. The summed E-state index contributed by atoms with van der Waals surface area (Å²) in [5, 5.41) is 0. The lowest BCUT2D eigenvalue weighted by atomic mass is 10.1. The molecule has 0 aliphatic heterocycles. The van der Waals surface area contributed by atoms with Gasteiger partial charge in [0.2, 0.25) is 0 Å². The van der Waals surface area contributed by atoms with Crippen LogP contribution in [0.15, 0.2) is 78.9 Å². The Labute approximate surface area is 175 Å². The summed E-state index contributed by atoms with van der Waals surface area (Å²) < 4.78 is 22.5. The average molecular weight is 408 g/mol. The fraction of sp³-hybridized carbons (Fsp3) is 0.208. The van der Waals surface area contributed by atoms with E-state index in [0.717, 1.165) is 23.5 Å². The van der Waals surface area contributed by atoms with Crippen molar-refractivity contribution < 1.29 is 18.7 Å². The summed E-state index contributed by atoms with van der Waals surface area (Å²) in [4.78, 5) is 16.7. The van der Waals surface area contributed by atoms with Crippen LogP contribution in [0.4, 0.5) is 9.18 Å². The van der Waals surface area contributed by atoms with Gasteiger partial charge in [0, 0.05) is 31.0 Å². The molecule has 0 saturated heterocycles. The minimum atomic E-state index is -0.694. The molecule has 0 radical (unpaired) electrons. The maximum absolute atomic E-state index is 13.2. The minimum Gasteiger partial charge on any atom is -0.438 e. The molecule has 30 heavy (non-hydrogen) atoms. The number of carbonyl (C=O) groups is 1. The number of nitrogens with one attached hydrogen (secondary N) is 1. The van der Waals surface area contributed by atoms with Gasteiger partial charge in [0.15, 0.2) is 0 Å². The number of halogens is 1. The zero-order valence-corrected chi connectivity index (χ0v) is 16.9. The number of benzene rings is 2. The van der Waals surface area contributed by atoms with Crippen molar-refractivity contribution in [2.24, 2.45) is 0 Å². The Morgan fingerprint density at radius 3 is 2.50 bits per heavy atom. The molecule has 1 aromatic heterocycles. The maximum atomic E-state index is 13.2. The average Bonchev–Trinajstić information content (AvgIpc) is 3.23. The highest BCUT2D eigenvalue weighted by molar-refractivity contribution is 5.60. The zero-order valence-electron chi connectivity index (χ0n) is 16.9. The summed E-state index contributed by atoms with van der Waals surface area (Å²) in [7, 11) is 1.28. The molecular formula is C24H25FN2O3. The van der Waals surface area contributed by atoms with Crippen molar-refractivity contribution in [2.75, 3.05) is 20.3 Å². The van der Waals surface area contributed by atoms with Gasteiger partial charge in [-0.15, -0.1) is 0 Å². The highest BCUT2D eigenvalue weighted by Gasteiger charge is 2.09. The van der Waals surface area contributed by atoms with Crippen molar-refractivity contribution >= 4 is 6.16 Å². The van der Waals surface area contributed by atoms with Crippen molar-refractivity contribution in [3.8, 4) is 11.3 Å². The summed E-state index contributed by atoms with van der Waals surface area (Å²) in [6, 6.07) is 20.7. The smallest absolute Gasteiger partial charge is 0.438 e. The fourth-order valence-electron chi connectivity index (χ4n) is 3.06. The molecule has 5 nitrogen and oxygen atoms in total. The molecule has 156 valence electrons. The van der Waals surface area contributed by atoms with Crippen LogP contribution in [0, 0.1) is 5.82 Å². The molecule has 2 aromatic carbocycles. The van der Waals surface area contributed by atoms with E-state index in [9.17, 15) is 9.18 Å². The minimum absolute atomic E-state index is 0.170. The molecule has 1 N–H and O–H groups in total. The van der Waals surface area contributed by atoms with Gasteiger partial charge in [-0.1, -0.05) is 36.4 Å². The Hall–Kier alpha value is -3.38. The molecule has 3 rings (SSSR count). The lowest BCUT2D eigenvalue weighted by molar-refractivity contribution is 0.0817. The number of aromatic amines is 1. The topological polar surface area (TPSA) is 54.6 Å². The monoisotopic (exact) mass is 408 g/mol. The Balaban J connectivity index is 1.65. The Bertz CT molecular complexity index is 952. The number of methoxy groups -OCH3 is 1. The van der Waals surface area contributed by atoms with E-state index in [1.807, 2.05) is 36.4 Å². The van der Waals surface area contributed by atoms with E-state index < -0.39 is 6.16 Å². The molecule has 0 atom stereocenters. The molecule has 0 aliphatic carbocycles. The number of aromatic nitrogens is 1. The van der Waals surface area contributed by atoms with E-state index in [-0.39, 0.29) is 12.4 Å². The fourth-order valence-corrected chi connectivity index (χ4v) is 3.06. The summed E-state index contributed by atoms with van der Waals surface area (Å²) in [6.45, 7) is 2.33. The van der Waals surface area contributed by atoms with E-state index >= 15 is 0 Å². The van der Waals surface area contributed by atoms with E-state index in [1.165, 1.54) is 24.8 Å². The standard InChI is InChI=1S/C24H25FN2O3/c1-29-24(28)30-16-6-5-15-27(17-19-7-3-2-4-8-19)18-22-13-14-23(26-22)20-9-11-21(25)12-10-20/h2-14,26H,15-18H2,1H3/b6-5+. The van der Waals surface area contributed by atoms with Crippen molar-refractivity contribution in [3.63, 3.8) is 0 Å². The van der Waals surface area contributed by atoms with Gasteiger partial charge in [0.1, 0.15) is 12.4 Å². The van der Waals surface area contributed by atoms with Crippen LogP contribution in [0.1, 0.15) is 11.3 Å². The van der Waals surface area contributed by atoms with E-state index in [1.54, 1.807) is 18.2 Å². The lowest BCUT2D eigenvalue weighted by Gasteiger charge is -2.20. The summed E-state index contributed by atoms with van der Waals surface area (Å²) >= 11 is 0. The van der Waals surface area contributed by atoms with Crippen LogP contribution in [0.5, 0.6) is 0 Å². The molecule has 0 spiro atoms. The van der Waals surface area contributed by atoms with Gasteiger partial charge in [0.25, 0.3) is 0 Å². The number of H-pyrrole nitrogens is 1. The zero-order chi connectivity index (χ0) is 21.2. The van der Waals surface area contributed by atoms with Crippen LogP contribution in [0.2, 0.25) is 0 Å². The second kappa shape index (κ2) is 11.0. The predicted molar refractivity (Wildman–Crippen MR) is 114 cm³/mol. The van der Waals surface area contributed by atoms with Crippen molar-refractivity contribution in [3.05, 3.63) is 96.0 Å². The normalized spacial score (nSPS) is 11.2. The van der Waals surface area contributed by atoms with Gasteiger partial charge in [-0.05, 0) is 53.6 Å². The second-order valence-corrected chi connectivity index (χ2v) is 6.80. The van der Waals surface area contributed by atoms with Crippen LogP contribution in [0.3, 0.4) is 0 Å². The van der Waals surface area contributed by atoms with E-state index in [2.05, 4.69) is 26.8 Å². The number of nitrogens with zero attached hydrogens (tertiary/aromatic N) is 1. The van der Waals surface area contributed by atoms with Gasteiger partial charge < -0.3 is 14.5 Å². The molecule has 0 amide bonds. The van der Waals surface area contributed by atoms with Gasteiger partial charge in [-0.25, -0.2) is 9.18 Å². The first-order chi connectivity index (χ1) is 14.6. The van der Waals surface area contributed by atoms with Crippen molar-refractivity contribution in [2.45, 2.75) is 13.1 Å². The SMILES string of the molecule is COC(=O)OC/C=C/CN(Cc1ccccc1)Cc1ccc(-c2ccc(F)cc2)[nH]1. The van der Waals surface area contributed by atoms with Crippen molar-refractivity contribution in [1.82, 2.24) is 9.88 Å². The molecule has 1 heterocycles. The molecule has 0 aliphatic rings. The highest BCUT2D eigenvalue weighted by atomic mass is 19.1. The van der Waals surface area contributed by atoms with Crippen molar-refractivity contribution in [1.29, 1.82) is 0 Å². The molecule has 0 unspecified atom stereocenters. The lowest BCUT2D eigenvalue weighted by Crippen LogP contribution is -2.23. The Kier molecular flexibility index (Phi) is 7.80. The van der Waals surface area contributed by atoms with E-state index in [0.29, 0.717) is 13.1 Å². The largest absolute Gasteiger partial charge is 0.508 e. The van der Waals surface area contributed by atoms with Crippen LogP contribution >= 0.6 is 0 Å². The van der Waals surface area contributed by atoms with Crippen LogP contribution in [0.25, 0.3) is 11.3 Å². The third kappa shape index (κ3) is 6.60. The third-order valence-electron chi connectivity index (χ3n) is 4.54. The summed E-state index contributed by atoms with van der Waals surface area (Å²) in [5.74, 6) is -0.248. The van der Waals surface area contributed by atoms with Gasteiger partial charge in [-0.2, -0.15) is 0 Å². The molecule has 0 fully saturated rings. The number of ether oxygens (including phenoxy) is 2. The number of rotatable bonds is 9. The van der Waals surface area contributed by atoms with Crippen LogP contribution < -0.4 is 0 Å². The molecule has 0 saturated carbocycles. The van der Waals surface area contributed by atoms with Gasteiger partial charge >= 0.3 is 6.16 Å². The molecular weight excluding hydrogens is 383 g/mol. The van der Waals surface area contributed by atoms with Crippen LogP contribution in [-0.2, 0) is 22.6 Å². The first-order valence-corrected chi connectivity index (χ1v) is 9.70. The Morgan fingerprint density at radius 1 is 1.00 bits per heavy atom. The summed E-state index contributed by atoms with van der Waals surface area (Å²) in [6.07, 6.45) is 3.07. The number of carbonyl (C=O) groups excluding carboxylic acids is 1. The predicted octanol–water partition coefficient (Wildman–Crippen LogP) is 5.16. The molecule has 3 aromatic rings. The first kappa shape index (κ1) is 21.3. The third-order valence-corrected chi connectivity index (χ3v) is 4.54. The summed E-state index contributed by atoms with van der Waals surface area (Å²) in [5.41, 5.74) is 4.16.